The molecule has 6 rings (SSSR count). The Labute approximate surface area is 178 Å². The second kappa shape index (κ2) is 8.18. The van der Waals surface area contributed by atoms with Gasteiger partial charge in [0.1, 0.15) is 0 Å². The maximum Gasteiger partial charge on any atom is 0.223 e. The van der Waals surface area contributed by atoms with Gasteiger partial charge in [0.2, 0.25) is 5.91 Å². The first-order chi connectivity index (χ1) is 14.6. The van der Waals surface area contributed by atoms with Gasteiger partial charge >= 0.3 is 0 Å². The lowest BCUT2D eigenvalue weighted by Crippen LogP contribution is -2.50. The van der Waals surface area contributed by atoms with Gasteiger partial charge in [-0.2, -0.15) is 0 Å². The number of hydrogen-bond donors (Lipinski definition) is 2. The van der Waals surface area contributed by atoms with Crippen molar-refractivity contribution in [2.45, 2.75) is 64.0 Å². The number of aromatic amines is 1. The fraction of sp³-hybridized carbons (Fsp3) is 0.600. The highest BCUT2D eigenvalue weighted by molar-refractivity contribution is 5.77. The highest BCUT2D eigenvalue weighted by atomic mass is 16.3. The molecular formula is C25H33N3O2. The molecular weight excluding hydrogens is 374 g/mol. The number of H-pyrrole nitrogens is 1. The highest BCUT2D eigenvalue weighted by Crippen LogP contribution is 2.61. The lowest BCUT2D eigenvalue weighted by Gasteiger charge is -2.57. The predicted octanol–water partition coefficient (Wildman–Crippen LogP) is 3.95. The molecule has 2 aromatic rings. The lowest BCUT2D eigenvalue weighted by atomic mass is 9.49. The van der Waals surface area contributed by atoms with Gasteiger partial charge in [-0.15, -0.1) is 0 Å². The zero-order chi connectivity index (χ0) is 20.6. The number of aromatic nitrogens is 2. The van der Waals surface area contributed by atoms with E-state index in [4.69, 9.17) is 0 Å². The fourth-order valence-corrected chi connectivity index (χ4v) is 7.05. The van der Waals surface area contributed by atoms with Crippen LogP contribution in [-0.4, -0.2) is 38.5 Å². The number of carbonyl (C=O) groups is 1. The van der Waals surface area contributed by atoms with Crippen molar-refractivity contribution in [1.29, 1.82) is 0 Å². The monoisotopic (exact) mass is 407 g/mol. The van der Waals surface area contributed by atoms with Crippen LogP contribution in [0, 0.1) is 23.2 Å². The third-order valence-electron chi connectivity index (χ3n) is 7.87. The minimum Gasteiger partial charge on any atom is -0.394 e. The molecule has 5 heteroatoms. The van der Waals surface area contributed by atoms with Crippen LogP contribution >= 0.6 is 0 Å². The number of aliphatic hydroxyl groups is 1. The minimum absolute atomic E-state index is 0.0432. The number of carbonyl (C=O) groups excluding carboxylic acids is 1. The van der Waals surface area contributed by atoms with Crippen LogP contribution < -0.4 is 0 Å². The van der Waals surface area contributed by atoms with E-state index in [1.54, 1.807) is 12.5 Å². The molecule has 1 aromatic carbocycles. The summed E-state index contributed by atoms with van der Waals surface area (Å²) in [6.45, 7) is 0.504. The second-order valence-electron chi connectivity index (χ2n) is 10.2. The molecule has 4 aliphatic rings. The van der Waals surface area contributed by atoms with Crippen molar-refractivity contribution in [3.8, 4) is 0 Å². The standard InChI is InChI=1S/C25H33N3O2/c29-16-23(9-22-14-26-17-27-22)28(15-18-4-2-1-3-5-18)24(30)13-25-10-19-6-20(11-25)8-21(7-19)12-25/h1-5,14,17,19-21,23,29H,6-13,15-16H2,(H,26,27). The third kappa shape index (κ3) is 4.04. The highest BCUT2D eigenvalue weighted by Gasteiger charge is 2.52. The summed E-state index contributed by atoms with van der Waals surface area (Å²) in [6.07, 6.45) is 12.5. The largest absolute Gasteiger partial charge is 0.394 e. The second-order valence-corrected chi connectivity index (χ2v) is 10.2. The summed E-state index contributed by atoms with van der Waals surface area (Å²) in [6, 6.07) is 9.91. The SMILES string of the molecule is O=C(CC12CC3CC(CC(C3)C1)C2)N(Cc1ccccc1)C(CO)Cc1cnc[nH]1. The number of aliphatic hydroxyl groups excluding tert-OH is 1. The molecule has 2 N–H and O–H groups in total. The minimum atomic E-state index is -0.243. The summed E-state index contributed by atoms with van der Waals surface area (Å²) in [5.74, 6) is 2.72. The van der Waals surface area contributed by atoms with Gasteiger partial charge in [-0.1, -0.05) is 30.3 Å². The van der Waals surface area contributed by atoms with E-state index in [0.717, 1.165) is 29.0 Å². The molecule has 0 radical (unpaired) electrons. The van der Waals surface area contributed by atoms with Crippen LogP contribution in [0.4, 0.5) is 0 Å². The van der Waals surface area contributed by atoms with Gasteiger partial charge in [-0.05, 0) is 67.3 Å². The molecule has 0 spiro atoms. The van der Waals surface area contributed by atoms with Crippen molar-refractivity contribution >= 4 is 5.91 Å². The Morgan fingerprint density at radius 3 is 2.37 bits per heavy atom. The van der Waals surface area contributed by atoms with Crippen LogP contribution in [0.2, 0.25) is 0 Å². The first-order valence-electron chi connectivity index (χ1n) is 11.5. The van der Waals surface area contributed by atoms with Crippen LogP contribution in [-0.2, 0) is 17.8 Å². The number of hydrogen-bond acceptors (Lipinski definition) is 3. The molecule has 160 valence electrons. The van der Waals surface area contributed by atoms with Gasteiger partial charge in [-0.3, -0.25) is 4.79 Å². The van der Waals surface area contributed by atoms with Crippen LogP contribution in [0.25, 0.3) is 0 Å². The first-order valence-corrected chi connectivity index (χ1v) is 11.5. The van der Waals surface area contributed by atoms with Crippen molar-refractivity contribution < 1.29 is 9.90 Å². The molecule has 4 saturated carbocycles. The summed E-state index contributed by atoms with van der Waals surface area (Å²) in [5.41, 5.74) is 2.27. The van der Waals surface area contributed by atoms with Gasteiger partial charge in [0.15, 0.2) is 0 Å². The third-order valence-corrected chi connectivity index (χ3v) is 7.87. The quantitative estimate of drug-likeness (QED) is 0.696. The molecule has 4 bridgehead atoms. The molecule has 1 amide bonds. The summed E-state index contributed by atoms with van der Waals surface area (Å²) >= 11 is 0. The van der Waals surface area contributed by atoms with E-state index in [1.165, 1.54) is 38.5 Å². The van der Waals surface area contributed by atoms with Gasteiger partial charge in [0.05, 0.1) is 19.0 Å². The van der Waals surface area contributed by atoms with Crippen LogP contribution in [0.3, 0.4) is 0 Å². The number of nitrogens with one attached hydrogen (secondary N) is 1. The number of benzene rings is 1. The summed E-state index contributed by atoms with van der Waals surface area (Å²) in [5, 5.41) is 10.2. The average Bonchev–Trinajstić information content (AvgIpc) is 3.23. The van der Waals surface area contributed by atoms with E-state index in [2.05, 4.69) is 22.1 Å². The summed E-state index contributed by atoms with van der Waals surface area (Å²) < 4.78 is 0. The number of imidazole rings is 1. The van der Waals surface area contributed by atoms with Gasteiger partial charge < -0.3 is 15.0 Å². The van der Waals surface area contributed by atoms with E-state index >= 15 is 0 Å². The molecule has 1 aromatic heterocycles. The van der Waals surface area contributed by atoms with E-state index < -0.39 is 0 Å². The molecule has 4 fully saturated rings. The Kier molecular flexibility index (Phi) is 5.40. The molecule has 5 nitrogen and oxygen atoms in total. The first kappa shape index (κ1) is 19.8. The maximum atomic E-state index is 13.7. The van der Waals surface area contributed by atoms with Crippen LogP contribution in [0.5, 0.6) is 0 Å². The van der Waals surface area contributed by atoms with E-state index in [9.17, 15) is 9.90 Å². The molecule has 30 heavy (non-hydrogen) atoms. The lowest BCUT2D eigenvalue weighted by molar-refractivity contribution is -0.143. The maximum absolute atomic E-state index is 13.7. The molecule has 4 aliphatic carbocycles. The molecule has 0 aliphatic heterocycles. The topological polar surface area (TPSA) is 69.2 Å². The zero-order valence-corrected chi connectivity index (χ0v) is 17.7. The summed E-state index contributed by atoms with van der Waals surface area (Å²) in [4.78, 5) is 22.9. The molecule has 1 atom stereocenters. The van der Waals surface area contributed by atoms with Crippen molar-refractivity contribution in [2.24, 2.45) is 23.2 Å². The fourth-order valence-electron chi connectivity index (χ4n) is 7.05. The Bertz CT molecular complexity index is 813. The van der Waals surface area contributed by atoms with Crippen LogP contribution in [0.1, 0.15) is 56.2 Å². The Morgan fingerprint density at radius 2 is 1.80 bits per heavy atom. The van der Waals surface area contributed by atoms with E-state index in [0.29, 0.717) is 19.4 Å². The Balaban J connectivity index is 1.37. The zero-order valence-electron chi connectivity index (χ0n) is 17.7. The molecule has 1 unspecified atom stereocenters. The normalized spacial score (nSPS) is 30.4. The number of amides is 1. The van der Waals surface area contributed by atoms with E-state index in [1.807, 2.05) is 23.1 Å². The van der Waals surface area contributed by atoms with Gasteiger partial charge in [-0.25, -0.2) is 4.98 Å². The van der Waals surface area contributed by atoms with Crippen molar-refractivity contribution in [3.05, 3.63) is 54.1 Å². The number of nitrogens with zero attached hydrogens (tertiary/aromatic N) is 2. The van der Waals surface area contributed by atoms with Gasteiger partial charge in [0.25, 0.3) is 0 Å². The molecule has 0 saturated heterocycles. The smallest absolute Gasteiger partial charge is 0.223 e. The average molecular weight is 408 g/mol. The Morgan fingerprint density at radius 1 is 1.13 bits per heavy atom. The van der Waals surface area contributed by atoms with Crippen LogP contribution in [0.15, 0.2) is 42.9 Å². The van der Waals surface area contributed by atoms with Crippen molar-refractivity contribution in [2.75, 3.05) is 6.61 Å². The Hall–Kier alpha value is -2.14. The summed E-state index contributed by atoms with van der Waals surface area (Å²) in [7, 11) is 0. The van der Waals surface area contributed by atoms with Crippen molar-refractivity contribution in [3.63, 3.8) is 0 Å². The molecule has 1 heterocycles. The van der Waals surface area contributed by atoms with Crippen molar-refractivity contribution in [1.82, 2.24) is 14.9 Å². The predicted molar refractivity (Wildman–Crippen MR) is 115 cm³/mol. The van der Waals surface area contributed by atoms with Gasteiger partial charge in [0, 0.05) is 31.3 Å². The van der Waals surface area contributed by atoms with E-state index in [-0.39, 0.29) is 24.0 Å². The number of rotatable bonds is 8.